The van der Waals surface area contributed by atoms with Crippen LogP contribution in [0.25, 0.3) is 0 Å². The summed E-state index contributed by atoms with van der Waals surface area (Å²) in [6.45, 7) is 2.37. The Balaban J connectivity index is 2.31. The van der Waals surface area contributed by atoms with Gasteiger partial charge in [0.15, 0.2) is 0 Å². The summed E-state index contributed by atoms with van der Waals surface area (Å²) >= 11 is 3.33. The van der Waals surface area contributed by atoms with E-state index in [2.05, 4.69) is 15.9 Å². The van der Waals surface area contributed by atoms with E-state index in [9.17, 15) is 9.59 Å². The van der Waals surface area contributed by atoms with Gasteiger partial charge in [0.1, 0.15) is 6.04 Å². The fraction of sp³-hybridized carbons (Fsp3) is 0.385. The number of benzene rings is 1. The molecule has 0 spiro atoms. The predicted molar refractivity (Wildman–Crippen MR) is 70.6 cm³/mol. The van der Waals surface area contributed by atoms with Crippen LogP contribution in [0.2, 0.25) is 0 Å². The Labute approximate surface area is 114 Å². The first-order valence-corrected chi connectivity index (χ1v) is 6.60. The first-order chi connectivity index (χ1) is 8.50. The zero-order chi connectivity index (χ0) is 13.3. The van der Waals surface area contributed by atoms with Crippen molar-refractivity contribution in [2.45, 2.75) is 25.8 Å². The number of carboxylic acids is 1. The monoisotopic (exact) mass is 311 g/mol. The number of carbonyl (C=O) groups excluding carboxylic acids is 1. The molecule has 1 N–H and O–H groups in total. The number of nitrogens with zero attached hydrogens (tertiary/aromatic N) is 1. The van der Waals surface area contributed by atoms with Crippen LogP contribution in [0.15, 0.2) is 22.7 Å². The van der Waals surface area contributed by atoms with E-state index in [0.717, 1.165) is 16.5 Å². The Morgan fingerprint density at radius 1 is 1.44 bits per heavy atom. The van der Waals surface area contributed by atoms with Gasteiger partial charge in [-0.2, -0.15) is 0 Å². The number of rotatable bonds is 2. The molecule has 0 aliphatic carbocycles. The third kappa shape index (κ3) is 2.41. The maximum absolute atomic E-state index is 12.4. The van der Waals surface area contributed by atoms with Gasteiger partial charge >= 0.3 is 5.97 Å². The van der Waals surface area contributed by atoms with E-state index < -0.39 is 12.0 Å². The van der Waals surface area contributed by atoms with E-state index in [1.54, 1.807) is 6.07 Å². The van der Waals surface area contributed by atoms with Gasteiger partial charge in [-0.15, -0.1) is 0 Å². The highest BCUT2D eigenvalue weighted by molar-refractivity contribution is 9.10. The minimum absolute atomic E-state index is 0.196. The van der Waals surface area contributed by atoms with Crippen molar-refractivity contribution >= 4 is 27.8 Å². The van der Waals surface area contributed by atoms with Crippen LogP contribution in [-0.2, 0) is 4.79 Å². The normalized spacial score (nSPS) is 19.0. The van der Waals surface area contributed by atoms with Crippen LogP contribution in [0.4, 0.5) is 0 Å². The number of carbonyl (C=O) groups is 2. The maximum Gasteiger partial charge on any atom is 0.326 e. The topological polar surface area (TPSA) is 57.6 Å². The molecule has 1 heterocycles. The van der Waals surface area contributed by atoms with E-state index in [0.29, 0.717) is 18.5 Å². The first kappa shape index (κ1) is 13.1. The Hall–Kier alpha value is -1.36. The standard InChI is InChI=1S/C13H14BrNO3/c1-8-4-5-9(14)7-10(8)12(16)15-6-2-3-11(15)13(17)18/h4-5,7,11H,2-3,6H2,1H3,(H,17,18)/t11-/m1/s1. The van der Waals surface area contributed by atoms with Gasteiger partial charge in [-0.05, 0) is 37.5 Å². The number of aryl methyl sites for hydroxylation is 1. The van der Waals surface area contributed by atoms with Crippen molar-refractivity contribution in [3.63, 3.8) is 0 Å². The minimum atomic E-state index is -0.923. The van der Waals surface area contributed by atoms with Crippen LogP contribution in [0, 0.1) is 6.92 Å². The maximum atomic E-state index is 12.4. The second kappa shape index (κ2) is 5.10. The van der Waals surface area contributed by atoms with Gasteiger partial charge in [-0.25, -0.2) is 4.79 Å². The van der Waals surface area contributed by atoms with Gasteiger partial charge in [0.25, 0.3) is 5.91 Å². The molecule has 4 nitrogen and oxygen atoms in total. The third-order valence-corrected chi connectivity index (χ3v) is 3.72. The average molecular weight is 312 g/mol. The smallest absolute Gasteiger partial charge is 0.326 e. The molecule has 2 rings (SSSR count). The summed E-state index contributed by atoms with van der Waals surface area (Å²) in [6, 6.07) is 4.78. The number of hydrogen-bond donors (Lipinski definition) is 1. The zero-order valence-corrected chi connectivity index (χ0v) is 11.6. The average Bonchev–Trinajstić information content (AvgIpc) is 2.80. The summed E-state index contributed by atoms with van der Waals surface area (Å²) in [5, 5.41) is 9.10. The Morgan fingerprint density at radius 3 is 2.83 bits per heavy atom. The highest BCUT2D eigenvalue weighted by Gasteiger charge is 2.34. The summed E-state index contributed by atoms with van der Waals surface area (Å²) in [6.07, 6.45) is 1.28. The Morgan fingerprint density at radius 2 is 2.17 bits per heavy atom. The highest BCUT2D eigenvalue weighted by atomic mass is 79.9. The molecular weight excluding hydrogens is 298 g/mol. The van der Waals surface area contributed by atoms with Gasteiger partial charge < -0.3 is 10.0 Å². The Kier molecular flexibility index (Phi) is 3.71. The molecule has 0 radical (unpaired) electrons. The van der Waals surface area contributed by atoms with Gasteiger partial charge in [0, 0.05) is 16.6 Å². The number of aliphatic carboxylic acids is 1. The number of hydrogen-bond acceptors (Lipinski definition) is 2. The van der Waals surface area contributed by atoms with E-state index in [1.165, 1.54) is 4.90 Å². The summed E-state index contributed by atoms with van der Waals surface area (Å²) < 4.78 is 0.822. The SMILES string of the molecule is Cc1ccc(Br)cc1C(=O)N1CCC[C@@H]1C(=O)O. The highest BCUT2D eigenvalue weighted by Crippen LogP contribution is 2.23. The van der Waals surface area contributed by atoms with Crippen LogP contribution < -0.4 is 0 Å². The lowest BCUT2D eigenvalue weighted by Crippen LogP contribution is -2.40. The quantitative estimate of drug-likeness (QED) is 0.912. The molecule has 0 unspecified atom stereocenters. The Bertz CT molecular complexity index is 501. The fourth-order valence-corrected chi connectivity index (χ4v) is 2.61. The van der Waals surface area contributed by atoms with Crippen LogP contribution in [0.5, 0.6) is 0 Å². The minimum Gasteiger partial charge on any atom is -0.480 e. The second-order valence-corrected chi connectivity index (χ2v) is 5.37. The number of halogens is 1. The molecule has 1 aliphatic heterocycles. The molecule has 1 amide bonds. The molecule has 18 heavy (non-hydrogen) atoms. The molecule has 0 aromatic heterocycles. The van der Waals surface area contributed by atoms with E-state index in [4.69, 9.17) is 5.11 Å². The fourth-order valence-electron chi connectivity index (χ4n) is 2.25. The molecule has 0 saturated carbocycles. The summed E-state index contributed by atoms with van der Waals surface area (Å²) in [4.78, 5) is 24.9. The molecular formula is C13H14BrNO3. The summed E-state index contributed by atoms with van der Waals surface area (Å²) in [5.74, 6) is -1.12. The van der Waals surface area contributed by atoms with E-state index in [1.807, 2.05) is 19.1 Å². The van der Waals surface area contributed by atoms with Crippen molar-refractivity contribution in [2.24, 2.45) is 0 Å². The summed E-state index contributed by atoms with van der Waals surface area (Å²) in [5.41, 5.74) is 1.43. The van der Waals surface area contributed by atoms with Crippen molar-refractivity contribution in [2.75, 3.05) is 6.54 Å². The molecule has 96 valence electrons. The molecule has 1 aliphatic rings. The van der Waals surface area contributed by atoms with Gasteiger partial charge in [0.05, 0.1) is 0 Å². The van der Waals surface area contributed by atoms with Crippen molar-refractivity contribution in [3.05, 3.63) is 33.8 Å². The number of amides is 1. The molecule has 1 aromatic rings. The number of likely N-dealkylation sites (tertiary alicyclic amines) is 1. The molecule has 1 saturated heterocycles. The molecule has 5 heteroatoms. The van der Waals surface area contributed by atoms with Crippen LogP contribution in [0.1, 0.15) is 28.8 Å². The van der Waals surface area contributed by atoms with Crippen molar-refractivity contribution in [1.82, 2.24) is 4.90 Å². The zero-order valence-electron chi connectivity index (χ0n) is 10.0. The lowest BCUT2D eigenvalue weighted by molar-refractivity contribution is -0.141. The van der Waals surface area contributed by atoms with E-state index in [-0.39, 0.29) is 5.91 Å². The molecule has 1 fully saturated rings. The lowest BCUT2D eigenvalue weighted by Gasteiger charge is -2.22. The first-order valence-electron chi connectivity index (χ1n) is 5.80. The van der Waals surface area contributed by atoms with Crippen LogP contribution in [-0.4, -0.2) is 34.5 Å². The predicted octanol–water partition coefficient (Wildman–Crippen LogP) is 2.45. The van der Waals surface area contributed by atoms with Gasteiger partial charge in [-0.1, -0.05) is 22.0 Å². The van der Waals surface area contributed by atoms with Crippen molar-refractivity contribution < 1.29 is 14.7 Å². The van der Waals surface area contributed by atoms with Crippen molar-refractivity contribution in [3.8, 4) is 0 Å². The molecule has 0 bridgehead atoms. The largest absolute Gasteiger partial charge is 0.480 e. The van der Waals surface area contributed by atoms with Crippen molar-refractivity contribution in [1.29, 1.82) is 0 Å². The number of carboxylic acid groups (broad SMARTS) is 1. The van der Waals surface area contributed by atoms with Gasteiger partial charge in [-0.3, -0.25) is 4.79 Å². The van der Waals surface area contributed by atoms with E-state index >= 15 is 0 Å². The molecule has 1 atom stereocenters. The van der Waals surface area contributed by atoms with Crippen LogP contribution in [0.3, 0.4) is 0 Å². The summed E-state index contributed by atoms with van der Waals surface area (Å²) in [7, 11) is 0. The second-order valence-electron chi connectivity index (χ2n) is 4.45. The lowest BCUT2D eigenvalue weighted by atomic mass is 10.1. The third-order valence-electron chi connectivity index (χ3n) is 3.23. The molecule has 1 aromatic carbocycles. The van der Waals surface area contributed by atoms with Gasteiger partial charge in [0.2, 0.25) is 0 Å². The van der Waals surface area contributed by atoms with Crippen LogP contribution >= 0.6 is 15.9 Å².